The molecule has 0 amide bonds. The van der Waals surface area contributed by atoms with Crippen molar-refractivity contribution < 1.29 is 0 Å². The zero-order chi connectivity index (χ0) is 10.6. The van der Waals surface area contributed by atoms with Crippen LogP contribution in [-0.2, 0) is 6.54 Å². The van der Waals surface area contributed by atoms with Crippen LogP contribution in [0.15, 0.2) is 24.5 Å². The van der Waals surface area contributed by atoms with Gasteiger partial charge in [-0.05, 0) is 25.6 Å². The van der Waals surface area contributed by atoms with Crippen molar-refractivity contribution in [1.82, 2.24) is 9.88 Å². The molecule has 14 heavy (non-hydrogen) atoms. The highest BCUT2D eigenvalue weighted by Gasteiger charge is 2.11. The lowest BCUT2D eigenvalue weighted by Crippen LogP contribution is -2.39. The molecule has 0 fully saturated rings. The SMILES string of the molecule is CC(C(=N)N)N(C)Cc1cccnc1. The summed E-state index contributed by atoms with van der Waals surface area (Å²) in [7, 11) is 1.94. The molecule has 0 aliphatic carbocycles. The van der Waals surface area contributed by atoms with Gasteiger partial charge in [0.05, 0.1) is 6.04 Å². The third kappa shape index (κ3) is 2.81. The number of hydrogen-bond donors (Lipinski definition) is 2. The highest BCUT2D eigenvalue weighted by Crippen LogP contribution is 2.03. The Labute approximate surface area is 84.3 Å². The number of nitrogens with one attached hydrogen (secondary N) is 1. The van der Waals surface area contributed by atoms with E-state index in [9.17, 15) is 0 Å². The molecule has 0 bridgehead atoms. The number of nitrogens with zero attached hydrogens (tertiary/aromatic N) is 2. The van der Waals surface area contributed by atoms with Crippen molar-refractivity contribution in [1.29, 1.82) is 5.41 Å². The van der Waals surface area contributed by atoms with Crippen LogP contribution in [0.5, 0.6) is 0 Å². The van der Waals surface area contributed by atoms with E-state index in [1.165, 1.54) is 0 Å². The minimum absolute atomic E-state index is 0.0322. The summed E-state index contributed by atoms with van der Waals surface area (Å²) in [6.07, 6.45) is 3.57. The first kappa shape index (κ1) is 10.7. The van der Waals surface area contributed by atoms with Crippen LogP contribution >= 0.6 is 0 Å². The van der Waals surface area contributed by atoms with Gasteiger partial charge in [-0.3, -0.25) is 15.3 Å². The number of likely N-dealkylation sites (N-methyl/N-ethyl adjacent to an activating group) is 1. The topological polar surface area (TPSA) is 66.0 Å². The quantitative estimate of drug-likeness (QED) is 0.548. The molecule has 1 unspecified atom stereocenters. The molecule has 0 aliphatic heterocycles. The van der Waals surface area contributed by atoms with Gasteiger partial charge in [0.15, 0.2) is 0 Å². The Morgan fingerprint density at radius 2 is 2.43 bits per heavy atom. The molecule has 1 rings (SSSR count). The van der Waals surface area contributed by atoms with Crippen LogP contribution in [0.4, 0.5) is 0 Å². The standard InChI is InChI=1S/C10H16N4/c1-8(10(11)12)14(2)7-9-4-3-5-13-6-9/h3-6,8H,7H2,1-2H3,(H3,11,12). The van der Waals surface area contributed by atoms with Gasteiger partial charge in [0.1, 0.15) is 5.84 Å². The first-order chi connectivity index (χ1) is 6.61. The molecule has 0 aliphatic rings. The third-order valence-electron chi connectivity index (χ3n) is 2.27. The number of nitrogens with two attached hydrogens (primary N) is 1. The summed E-state index contributed by atoms with van der Waals surface area (Å²) in [6.45, 7) is 2.67. The van der Waals surface area contributed by atoms with Crippen molar-refractivity contribution in [3.63, 3.8) is 0 Å². The van der Waals surface area contributed by atoms with Crippen LogP contribution in [0.25, 0.3) is 0 Å². The van der Waals surface area contributed by atoms with E-state index in [-0.39, 0.29) is 11.9 Å². The monoisotopic (exact) mass is 192 g/mol. The molecule has 0 saturated carbocycles. The second kappa shape index (κ2) is 4.72. The molecule has 0 saturated heterocycles. The van der Waals surface area contributed by atoms with E-state index >= 15 is 0 Å². The molecule has 1 aromatic rings. The van der Waals surface area contributed by atoms with E-state index in [2.05, 4.69) is 4.98 Å². The number of rotatable bonds is 4. The molecule has 3 N–H and O–H groups in total. The third-order valence-corrected chi connectivity index (χ3v) is 2.27. The van der Waals surface area contributed by atoms with Gasteiger partial charge >= 0.3 is 0 Å². The van der Waals surface area contributed by atoms with Crippen LogP contribution in [-0.4, -0.2) is 28.8 Å². The van der Waals surface area contributed by atoms with Gasteiger partial charge in [0.25, 0.3) is 0 Å². The van der Waals surface area contributed by atoms with E-state index in [4.69, 9.17) is 11.1 Å². The van der Waals surface area contributed by atoms with Gasteiger partial charge in [-0.15, -0.1) is 0 Å². The van der Waals surface area contributed by atoms with E-state index < -0.39 is 0 Å². The zero-order valence-corrected chi connectivity index (χ0v) is 8.57. The van der Waals surface area contributed by atoms with Gasteiger partial charge in [-0.25, -0.2) is 0 Å². The first-order valence-corrected chi connectivity index (χ1v) is 4.54. The maximum atomic E-state index is 7.32. The molecule has 4 nitrogen and oxygen atoms in total. The second-order valence-electron chi connectivity index (χ2n) is 3.41. The largest absolute Gasteiger partial charge is 0.386 e. The maximum Gasteiger partial charge on any atom is 0.108 e. The average Bonchev–Trinajstić information content (AvgIpc) is 2.18. The number of amidine groups is 1. The van der Waals surface area contributed by atoms with Crippen LogP contribution in [0.2, 0.25) is 0 Å². The van der Waals surface area contributed by atoms with Gasteiger partial charge in [0, 0.05) is 18.9 Å². The summed E-state index contributed by atoms with van der Waals surface area (Å²) in [4.78, 5) is 6.04. The molecule has 0 spiro atoms. The van der Waals surface area contributed by atoms with Crippen molar-refractivity contribution in [3.05, 3.63) is 30.1 Å². The Hall–Kier alpha value is -1.42. The van der Waals surface area contributed by atoms with Crippen LogP contribution < -0.4 is 5.73 Å². The predicted octanol–water partition coefficient (Wildman–Crippen LogP) is 0.838. The Balaban J connectivity index is 2.57. The van der Waals surface area contributed by atoms with Gasteiger partial charge in [-0.2, -0.15) is 0 Å². The molecule has 0 radical (unpaired) electrons. The van der Waals surface area contributed by atoms with E-state index in [1.54, 1.807) is 6.20 Å². The minimum Gasteiger partial charge on any atom is -0.386 e. The molecule has 1 atom stereocenters. The maximum absolute atomic E-state index is 7.32. The lowest BCUT2D eigenvalue weighted by Gasteiger charge is -2.23. The minimum atomic E-state index is -0.0322. The van der Waals surface area contributed by atoms with E-state index in [1.807, 2.05) is 37.2 Å². The summed E-state index contributed by atoms with van der Waals surface area (Å²) in [5, 5.41) is 7.32. The van der Waals surface area contributed by atoms with E-state index in [0.717, 1.165) is 12.1 Å². The van der Waals surface area contributed by atoms with E-state index in [0.29, 0.717) is 0 Å². The lowest BCUT2D eigenvalue weighted by atomic mass is 10.2. The summed E-state index contributed by atoms with van der Waals surface area (Å²) in [5.74, 6) is 0.191. The fourth-order valence-corrected chi connectivity index (χ4v) is 1.15. The predicted molar refractivity (Wildman–Crippen MR) is 57.1 cm³/mol. The van der Waals surface area contributed by atoms with Crippen molar-refractivity contribution >= 4 is 5.84 Å². The molecule has 1 aromatic heterocycles. The summed E-state index contributed by atoms with van der Waals surface area (Å²) in [5.41, 5.74) is 6.54. The number of hydrogen-bond acceptors (Lipinski definition) is 3. The zero-order valence-electron chi connectivity index (χ0n) is 8.57. The first-order valence-electron chi connectivity index (χ1n) is 4.54. The smallest absolute Gasteiger partial charge is 0.108 e. The van der Waals surface area contributed by atoms with Gasteiger partial charge < -0.3 is 5.73 Å². The molecule has 1 heterocycles. The van der Waals surface area contributed by atoms with Crippen LogP contribution in [0.1, 0.15) is 12.5 Å². The Morgan fingerprint density at radius 1 is 1.71 bits per heavy atom. The second-order valence-corrected chi connectivity index (χ2v) is 3.41. The Bertz CT molecular complexity index is 296. The van der Waals surface area contributed by atoms with Crippen molar-refractivity contribution in [3.8, 4) is 0 Å². The van der Waals surface area contributed by atoms with Crippen molar-refractivity contribution in [2.75, 3.05) is 7.05 Å². The van der Waals surface area contributed by atoms with Gasteiger partial charge in [-0.1, -0.05) is 6.07 Å². The highest BCUT2D eigenvalue weighted by molar-refractivity contribution is 5.82. The Kier molecular flexibility index (Phi) is 3.59. The van der Waals surface area contributed by atoms with Gasteiger partial charge in [0.2, 0.25) is 0 Å². The highest BCUT2D eigenvalue weighted by atomic mass is 15.1. The van der Waals surface area contributed by atoms with Crippen LogP contribution in [0, 0.1) is 5.41 Å². The molecule has 76 valence electrons. The number of aromatic nitrogens is 1. The fraction of sp³-hybridized carbons (Fsp3) is 0.400. The summed E-state index contributed by atoms with van der Waals surface area (Å²) >= 11 is 0. The summed E-state index contributed by atoms with van der Waals surface area (Å²) in [6, 6.07) is 3.88. The summed E-state index contributed by atoms with van der Waals surface area (Å²) < 4.78 is 0. The normalized spacial score (nSPS) is 12.8. The fourth-order valence-electron chi connectivity index (χ4n) is 1.15. The molecule has 0 aromatic carbocycles. The van der Waals surface area contributed by atoms with Crippen LogP contribution in [0.3, 0.4) is 0 Å². The molecular formula is C10H16N4. The molecule has 4 heteroatoms. The molecular weight excluding hydrogens is 176 g/mol. The lowest BCUT2D eigenvalue weighted by molar-refractivity contribution is 0.301. The van der Waals surface area contributed by atoms with Crippen molar-refractivity contribution in [2.24, 2.45) is 5.73 Å². The van der Waals surface area contributed by atoms with Crippen molar-refractivity contribution in [2.45, 2.75) is 19.5 Å². The number of pyridine rings is 1. The Morgan fingerprint density at radius 3 is 2.93 bits per heavy atom. The average molecular weight is 192 g/mol.